The Balaban J connectivity index is 2.10. The lowest BCUT2D eigenvalue weighted by Crippen LogP contribution is -2.08. The van der Waals surface area contributed by atoms with Crippen LogP contribution in [0.15, 0.2) is 42.5 Å². The zero-order chi connectivity index (χ0) is 16.8. The maximum Gasteiger partial charge on any atom is 0.248 e. The number of carbonyl (C=O) groups is 1. The number of nitrogens with one attached hydrogen (secondary N) is 1. The van der Waals surface area contributed by atoms with E-state index in [9.17, 15) is 9.18 Å². The van der Waals surface area contributed by atoms with Gasteiger partial charge in [-0.1, -0.05) is 6.07 Å². The van der Waals surface area contributed by atoms with Crippen molar-refractivity contribution in [2.75, 3.05) is 19.5 Å². The molecule has 0 aliphatic rings. The first-order chi connectivity index (χ1) is 11.0. The van der Waals surface area contributed by atoms with E-state index in [1.165, 1.54) is 12.1 Å². The Morgan fingerprint density at radius 1 is 1.13 bits per heavy atom. The molecular weight excluding hydrogens is 297 g/mol. The molecule has 4 nitrogen and oxygen atoms in total. The molecule has 0 spiro atoms. The molecule has 120 valence electrons. The van der Waals surface area contributed by atoms with Crippen molar-refractivity contribution >= 4 is 17.7 Å². The van der Waals surface area contributed by atoms with E-state index in [4.69, 9.17) is 9.47 Å². The molecule has 5 heteroatoms. The molecule has 2 rings (SSSR count). The molecule has 1 amide bonds. The first-order valence-electron chi connectivity index (χ1n) is 7.00. The molecule has 0 saturated heterocycles. The van der Waals surface area contributed by atoms with E-state index in [1.54, 1.807) is 57.6 Å². The number of aryl methyl sites for hydroxylation is 1. The quantitative estimate of drug-likeness (QED) is 0.854. The number of rotatable bonds is 5. The summed E-state index contributed by atoms with van der Waals surface area (Å²) >= 11 is 0. The van der Waals surface area contributed by atoms with Gasteiger partial charge in [0.15, 0.2) is 0 Å². The maximum absolute atomic E-state index is 13.5. The van der Waals surface area contributed by atoms with Gasteiger partial charge in [0.25, 0.3) is 0 Å². The normalized spacial score (nSPS) is 10.6. The van der Waals surface area contributed by atoms with Crippen LogP contribution >= 0.6 is 0 Å². The van der Waals surface area contributed by atoms with Crippen molar-refractivity contribution in [3.05, 3.63) is 59.4 Å². The van der Waals surface area contributed by atoms with Crippen LogP contribution in [0.5, 0.6) is 11.5 Å². The van der Waals surface area contributed by atoms with Gasteiger partial charge in [-0.15, -0.1) is 0 Å². The highest BCUT2D eigenvalue weighted by atomic mass is 19.1. The predicted molar refractivity (Wildman–Crippen MR) is 88.3 cm³/mol. The highest BCUT2D eigenvalue weighted by molar-refractivity contribution is 6.02. The van der Waals surface area contributed by atoms with Gasteiger partial charge in [-0.2, -0.15) is 0 Å². The lowest BCUT2D eigenvalue weighted by Gasteiger charge is -2.07. The van der Waals surface area contributed by atoms with E-state index in [-0.39, 0.29) is 11.7 Å². The van der Waals surface area contributed by atoms with Gasteiger partial charge in [-0.25, -0.2) is 4.39 Å². The molecule has 1 N–H and O–H groups in total. The second kappa shape index (κ2) is 7.45. The third-order valence-corrected chi connectivity index (χ3v) is 3.29. The molecule has 0 saturated carbocycles. The van der Waals surface area contributed by atoms with Crippen LogP contribution in [0.4, 0.5) is 10.1 Å². The van der Waals surface area contributed by atoms with Gasteiger partial charge in [0, 0.05) is 23.4 Å². The van der Waals surface area contributed by atoms with Crippen molar-refractivity contribution < 1.29 is 18.7 Å². The van der Waals surface area contributed by atoms with Gasteiger partial charge >= 0.3 is 0 Å². The van der Waals surface area contributed by atoms with Crippen LogP contribution in [-0.2, 0) is 4.79 Å². The number of benzene rings is 2. The van der Waals surface area contributed by atoms with Crippen molar-refractivity contribution in [2.45, 2.75) is 6.92 Å². The Bertz CT molecular complexity index is 741. The molecule has 0 aromatic heterocycles. The Morgan fingerprint density at radius 3 is 2.57 bits per heavy atom. The van der Waals surface area contributed by atoms with Crippen molar-refractivity contribution in [1.29, 1.82) is 0 Å². The smallest absolute Gasteiger partial charge is 0.248 e. The summed E-state index contributed by atoms with van der Waals surface area (Å²) in [7, 11) is 3.11. The molecule has 0 fully saturated rings. The van der Waals surface area contributed by atoms with Crippen molar-refractivity contribution in [2.24, 2.45) is 0 Å². The molecule has 23 heavy (non-hydrogen) atoms. The largest absolute Gasteiger partial charge is 0.497 e. The van der Waals surface area contributed by atoms with Gasteiger partial charge in [-0.05, 0) is 42.8 Å². The average molecular weight is 315 g/mol. The number of ether oxygens (including phenoxy) is 2. The Morgan fingerprint density at radius 2 is 1.91 bits per heavy atom. The number of hydrogen-bond donors (Lipinski definition) is 1. The summed E-state index contributed by atoms with van der Waals surface area (Å²) in [5, 5.41) is 2.61. The fourth-order valence-corrected chi connectivity index (χ4v) is 1.98. The zero-order valence-electron chi connectivity index (χ0n) is 13.2. The second-order valence-corrected chi connectivity index (χ2v) is 4.89. The van der Waals surface area contributed by atoms with Gasteiger partial charge in [0.2, 0.25) is 5.91 Å². The van der Waals surface area contributed by atoms with Gasteiger partial charge in [0.05, 0.1) is 14.2 Å². The van der Waals surface area contributed by atoms with Crippen molar-refractivity contribution in [1.82, 2.24) is 0 Å². The second-order valence-electron chi connectivity index (χ2n) is 4.89. The van der Waals surface area contributed by atoms with Crippen molar-refractivity contribution in [3.63, 3.8) is 0 Å². The van der Waals surface area contributed by atoms with E-state index < -0.39 is 0 Å². The monoisotopic (exact) mass is 315 g/mol. The minimum atomic E-state index is -0.358. The Hall–Kier alpha value is -2.82. The SMILES string of the molecule is COc1ccc(/C=C/C(=O)Nc2ccc(C)c(F)c2)c(OC)c1. The molecule has 0 heterocycles. The standard InChI is InChI=1S/C18H18FNO3/c1-12-4-7-14(10-16(12)19)20-18(21)9-6-13-5-8-15(22-2)11-17(13)23-3/h4-11H,1-3H3,(H,20,21)/b9-6+. The molecular formula is C18H18FNO3. The van der Waals surface area contributed by atoms with Gasteiger partial charge in [0.1, 0.15) is 17.3 Å². The van der Waals surface area contributed by atoms with E-state index in [1.807, 2.05) is 0 Å². The number of anilines is 1. The molecule has 0 radical (unpaired) electrons. The maximum atomic E-state index is 13.5. The molecule has 0 aliphatic heterocycles. The average Bonchev–Trinajstić information content (AvgIpc) is 2.56. The van der Waals surface area contributed by atoms with Crippen LogP contribution in [0.2, 0.25) is 0 Å². The lowest BCUT2D eigenvalue weighted by molar-refractivity contribution is -0.111. The Kier molecular flexibility index (Phi) is 5.36. The first-order valence-corrected chi connectivity index (χ1v) is 7.00. The summed E-state index contributed by atoms with van der Waals surface area (Å²) in [6, 6.07) is 9.84. The summed E-state index contributed by atoms with van der Waals surface area (Å²) in [4.78, 5) is 11.9. The summed E-state index contributed by atoms with van der Waals surface area (Å²) < 4.78 is 23.8. The number of amides is 1. The van der Waals surface area contributed by atoms with E-state index in [0.717, 1.165) is 5.56 Å². The third-order valence-electron chi connectivity index (χ3n) is 3.29. The molecule has 0 aliphatic carbocycles. The minimum Gasteiger partial charge on any atom is -0.497 e. The Labute approximate surface area is 134 Å². The number of hydrogen-bond acceptors (Lipinski definition) is 3. The van der Waals surface area contributed by atoms with Gasteiger partial charge in [-0.3, -0.25) is 4.79 Å². The van der Waals surface area contributed by atoms with E-state index >= 15 is 0 Å². The van der Waals surface area contributed by atoms with E-state index in [2.05, 4.69) is 5.32 Å². The van der Waals surface area contributed by atoms with Crippen LogP contribution in [0, 0.1) is 12.7 Å². The van der Waals surface area contributed by atoms with Crippen molar-refractivity contribution in [3.8, 4) is 11.5 Å². The highest BCUT2D eigenvalue weighted by Gasteiger charge is 2.04. The van der Waals surface area contributed by atoms with Crippen LogP contribution in [0.1, 0.15) is 11.1 Å². The van der Waals surface area contributed by atoms with Crippen LogP contribution in [-0.4, -0.2) is 20.1 Å². The zero-order valence-corrected chi connectivity index (χ0v) is 13.2. The summed E-state index contributed by atoms with van der Waals surface area (Å²) in [6.07, 6.45) is 2.99. The molecule has 0 unspecified atom stereocenters. The first kappa shape index (κ1) is 16.5. The molecule has 0 atom stereocenters. The van der Waals surface area contributed by atoms with Crippen LogP contribution in [0.3, 0.4) is 0 Å². The molecule has 0 bridgehead atoms. The topological polar surface area (TPSA) is 47.6 Å². The predicted octanol–water partition coefficient (Wildman–Crippen LogP) is 3.80. The summed E-state index contributed by atoms with van der Waals surface area (Å²) in [5.41, 5.74) is 1.67. The number of methoxy groups -OCH3 is 2. The minimum absolute atomic E-state index is 0.355. The fourth-order valence-electron chi connectivity index (χ4n) is 1.98. The summed E-state index contributed by atoms with van der Waals surface area (Å²) in [5.74, 6) is 0.545. The lowest BCUT2D eigenvalue weighted by atomic mass is 10.1. The number of carbonyl (C=O) groups excluding carboxylic acids is 1. The summed E-state index contributed by atoms with van der Waals surface area (Å²) in [6.45, 7) is 1.66. The third kappa shape index (κ3) is 4.32. The van der Waals surface area contributed by atoms with Crippen LogP contribution in [0.25, 0.3) is 6.08 Å². The van der Waals surface area contributed by atoms with Crippen LogP contribution < -0.4 is 14.8 Å². The van der Waals surface area contributed by atoms with Gasteiger partial charge < -0.3 is 14.8 Å². The number of halogens is 1. The molecule has 2 aromatic rings. The van der Waals surface area contributed by atoms with E-state index in [0.29, 0.717) is 22.7 Å². The highest BCUT2D eigenvalue weighted by Crippen LogP contribution is 2.25. The molecule has 2 aromatic carbocycles. The fraction of sp³-hybridized carbons (Fsp3) is 0.167.